The van der Waals surface area contributed by atoms with E-state index in [9.17, 15) is 0 Å². The van der Waals surface area contributed by atoms with E-state index in [0.29, 0.717) is 0 Å². The molecule has 0 aliphatic carbocycles. The highest BCUT2D eigenvalue weighted by Gasteiger charge is 2.00. The molecule has 0 amide bonds. The van der Waals surface area contributed by atoms with Crippen LogP contribution in [0.2, 0.25) is 0 Å². The second kappa shape index (κ2) is 3.20. The smallest absolute Gasteiger partial charge is 0.0702 e. The summed E-state index contributed by atoms with van der Waals surface area (Å²) in [5.41, 5.74) is 3.07. The van der Waals surface area contributed by atoms with Crippen molar-refractivity contribution in [3.63, 3.8) is 0 Å². The normalized spacial score (nSPS) is 10.7. The maximum Gasteiger partial charge on any atom is 0.0702 e. The number of benzene rings is 1. The van der Waals surface area contributed by atoms with Crippen LogP contribution in [0.5, 0.6) is 0 Å². The lowest BCUT2D eigenvalue weighted by atomic mass is 10.1. The molecule has 0 fully saturated rings. The van der Waals surface area contributed by atoms with E-state index in [1.807, 2.05) is 30.5 Å². The van der Waals surface area contributed by atoms with Crippen LogP contribution in [0.15, 0.2) is 48.8 Å². The van der Waals surface area contributed by atoms with Gasteiger partial charge in [-0.2, -0.15) is 5.10 Å². The van der Waals surface area contributed by atoms with E-state index in [0.717, 1.165) is 22.2 Å². The van der Waals surface area contributed by atoms with Crippen LogP contribution >= 0.6 is 0 Å². The van der Waals surface area contributed by atoms with Gasteiger partial charge in [0.1, 0.15) is 0 Å². The Labute approximate surface area is 86.8 Å². The average Bonchev–Trinajstić information content (AvgIpc) is 2.82. The van der Waals surface area contributed by atoms with Gasteiger partial charge in [0.15, 0.2) is 0 Å². The minimum Gasteiger partial charge on any atom is -0.278 e. The summed E-state index contributed by atoms with van der Waals surface area (Å²) in [6.07, 6.45) is 3.60. The molecule has 0 saturated heterocycles. The summed E-state index contributed by atoms with van der Waals surface area (Å²) < 4.78 is 0. The summed E-state index contributed by atoms with van der Waals surface area (Å²) in [6, 6.07) is 12.1. The SMILES string of the molecule is c1ccc2ncc(-c3ccn[nH]3)cc2c1. The lowest BCUT2D eigenvalue weighted by Gasteiger charge is -1.99. The maximum absolute atomic E-state index is 4.39. The molecule has 0 unspecified atom stereocenters. The van der Waals surface area contributed by atoms with Crippen LogP contribution in [0.1, 0.15) is 0 Å². The molecule has 72 valence electrons. The number of rotatable bonds is 1. The first-order valence-corrected chi connectivity index (χ1v) is 4.78. The van der Waals surface area contributed by atoms with Crippen molar-refractivity contribution in [3.05, 3.63) is 48.8 Å². The molecule has 0 bridgehead atoms. The maximum atomic E-state index is 4.39. The largest absolute Gasteiger partial charge is 0.278 e. The van der Waals surface area contributed by atoms with Crippen molar-refractivity contribution in [1.82, 2.24) is 15.2 Å². The number of aromatic nitrogens is 3. The summed E-state index contributed by atoms with van der Waals surface area (Å²) >= 11 is 0. The molecule has 3 heteroatoms. The Morgan fingerprint density at radius 2 is 2.00 bits per heavy atom. The van der Waals surface area contributed by atoms with Crippen LogP contribution in [-0.4, -0.2) is 15.2 Å². The molecule has 0 radical (unpaired) electrons. The number of fused-ring (bicyclic) bond motifs is 1. The minimum absolute atomic E-state index is 0.994. The van der Waals surface area contributed by atoms with Gasteiger partial charge in [-0.15, -0.1) is 0 Å². The predicted molar refractivity (Wildman–Crippen MR) is 59.3 cm³/mol. The zero-order valence-electron chi connectivity index (χ0n) is 8.01. The number of nitrogens with one attached hydrogen (secondary N) is 1. The molecule has 0 saturated carbocycles. The molecule has 2 heterocycles. The van der Waals surface area contributed by atoms with Crippen LogP contribution in [0.25, 0.3) is 22.2 Å². The van der Waals surface area contributed by atoms with Crippen LogP contribution in [0, 0.1) is 0 Å². The van der Waals surface area contributed by atoms with Crippen LogP contribution < -0.4 is 0 Å². The van der Waals surface area contributed by atoms with Gasteiger partial charge in [0.2, 0.25) is 0 Å². The number of aromatic amines is 1. The zero-order chi connectivity index (χ0) is 10.1. The number of nitrogens with zero attached hydrogens (tertiary/aromatic N) is 2. The number of hydrogen-bond acceptors (Lipinski definition) is 2. The van der Waals surface area contributed by atoms with Crippen molar-refractivity contribution >= 4 is 10.9 Å². The fourth-order valence-corrected chi connectivity index (χ4v) is 1.63. The first-order valence-electron chi connectivity index (χ1n) is 4.78. The third kappa shape index (κ3) is 1.38. The Balaban J connectivity index is 2.22. The number of hydrogen-bond donors (Lipinski definition) is 1. The highest BCUT2D eigenvalue weighted by Crippen LogP contribution is 2.20. The summed E-state index contributed by atoms with van der Waals surface area (Å²) in [5.74, 6) is 0. The average molecular weight is 195 g/mol. The van der Waals surface area contributed by atoms with Crippen molar-refractivity contribution in [2.24, 2.45) is 0 Å². The Morgan fingerprint density at radius 1 is 1.07 bits per heavy atom. The minimum atomic E-state index is 0.994. The fraction of sp³-hybridized carbons (Fsp3) is 0. The Hall–Kier alpha value is -2.16. The van der Waals surface area contributed by atoms with Crippen LogP contribution in [0.3, 0.4) is 0 Å². The van der Waals surface area contributed by atoms with Crippen LogP contribution in [-0.2, 0) is 0 Å². The lowest BCUT2D eigenvalue weighted by Crippen LogP contribution is -1.82. The molecule has 3 rings (SSSR count). The Kier molecular flexibility index (Phi) is 1.75. The van der Waals surface area contributed by atoms with Gasteiger partial charge in [-0.3, -0.25) is 10.1 Å². The molecule has 0 spiro atoms. The molecule has 0 atom stereocenters. The van der Waals surface area contributed by atoms with Gasteiger partial charge in [-0.25, -0.2) is 0 Å². The Morgan fingerprint density at radius 3 is 2.87 bits per heavy atom. The molecular formula is C12H9N3. The molecular weight excluding hydrogens is 186 g/mol. The quantitative estimate of drug-likeness (QED) is 0.648. The zero-order valence-corrected chi connectivity index (χ0v) is 8.01. The van der Waals surface area contributed by atoms with Crippen molar-refractivity contribution in [2.45, 2.75) is 0 Å². The molecule has 15 heavy (non-hydrogen) atoms. The van der Waals surface area contributed by atoms with Crippen molar-refractivity contribution in [1.29, 1.82) is 0 Å². The van der Waals surface area contributed by atoms with E-state index < -0.39 is 0 Å². The number of H-pyrrole nitrogens is 1. The second-order valence-electron chi connectivity index (χ2n) is 3.39. The standard InChI is InChI=1S/C12H9N3/c1-2-4-11-9(3-1)7-10(8-13-11)12-5-6-14-15-12/h1-8H,(H,14,15). The van der Waals surface area contributed by atoms with E-state index in [4.69, 9.17) is 0 Å². The lowest BCUT2D eigenvalue weighted by molar-refractivity contribution is 1.09. The topological polar surface area (TPSA) is 41.6 Å². The molecule has 3 aromatic rings. The third-order valence-corrected chi connectivity index (χ3v) is 2.40. The summed E-state index contributed by atoms with van der Waals surface area (Å²) in [6.45, 7) is 0. The van der Waals surface area contributed by atoms with E-state index in [-0.39, 0.29) is 0 Å². The highest BCUT2D eigenvalue weighted by molar-refractivity contribution is 5.82. The highest BCUT2D eigenvalue weighted by atomic mass is 15.1. The fourth-order valence-electron chi connectivity index (χ4n) is 1.63. The van der Waals surface area contributed by atoms with Gasteiger partial charge in [0, 0.05) is 23.3 Å². The first kappa shape index (κ1) is 8.17. The first-order chi connectivity index (χ1) is 7.43. The summed E-state index contributed by atoms with van der Waals surface area (Å²) in [4.78, 5) is 4.39. The molecule has 2 aromatic heterocycles. The Bertz CT molecular complexity index is 585. The van der Waals surface area contributed by atoms with Gasteiger partial charge >= 0.3 is 0 Å². The summed E-state index contributed by atoms with van der Waals surface area (Å²) in [5, 5.41) is 8.00. The molecule has 1 aromatic carbocycles. The molecule has 1 N–H and O–H groups in total. The van der Waals surface area contributed by atoms with E-state index in [1.165, 1.54) is 0 Å². The van der Waals surface area contributed by atoms with Gasteiger partial charge < -0.3 is 0 Å². The summed E-state index contributed by atoms with van der Waals surface area (Å²) in [7, 11) is 0. The molecule has 3 nitrogen and oxygen atoms in total. The van der Waals surface area contributed by atoms with Gasteiger partial charge in [-0.05, 0) is 18.2 Å². The van der Waals surface area contributed by atoms with Crippen molar-refractivity contribution in [3.8, 4) is 11.3 Å². The van der Waals surface area contributed by atoms with E-state index >= 15 is 0 Å². The monoisotopic (exact) mass is 195 g/mol. The number of pyridine rings is 1. The van der Waals surface area contributed by atoms with Crippen LogP contribution in [0.4, 0.5) is 0 Å². The molecule has 0 aliphatic heterocycles. The predicted octanol–water partition coefficient (Wildman–Crippen LogP) is 2.62. The van der Waals surface area contributed by atoms with Gasteiger partial charge in [-0.1, -0.05) is 18.2 Å². The third-order valence-electron chi connectivity index (χ3n) is 2.40. The van der Waals surface area contributed by atoms with Gasteiger partial charge in [0.25, 0.3) is 0 Å². The van der Waals surface area contributed by atoms with Crippen molar-refractivity contribution < 1.29 is 0 Å². The number of para-hydroxylation sites is 1. The van der Waals surface area contributed by atoms with E-state index in [1.54, 1.807) is 6.20 Å². The van der Waals surface area contributed by atoms with Gasteiger partial charge in [0.05, 0.1) is 11.2 Å². The molecule has 0 aliphatic rings. The van der Waals surface area contributed by atoms with Crippen molar-refractivity contribution in [2.75, 3.05) is 0 Å². The van der Waals surface area contributed by atoms with E-state index in [2.05, 4.69) is 27.3 Å². The second-order valence-corrected chi connectivity index (χ2v) is 3.39.